The summed E-state index contributed by atoms with van der Waals surface area (Å²) in [5, 5.41) is 21.6. The largest absolute Gasteiger partial charge is 0.477 e. The number of aliphatic carboxylic acids is 1. The fourth-order valence-electron chi connectivity index (χ4n) is 4.00. The second-order valence-corrected chi connectivity index (χ2v) is 9.42. The van der Waals surface area contributed by atoms with E-state index in [1.165, 1.54) is 28.0 Å². The number of β-lactam (4-membered cyclic amide) rings is 1. The Labute approximate surface area is 176 Å². The first-order valence-electron chi connectivity index (χ1n) is 9.24. The van der Waals surface area contributed by atoms with E-state index in [0.717, 1.165) is 16.8 Å². The summed E-state index contributed by atoms with van der Waals surface area (Å²) in [5.74, 6) is -2.21. The zero-order chi connectivity index (χ0) is 20.9. The fraction of sp³-hybridized carbons (Fsp3) is 0.350. The second-order valence-electron chi connectivity index (χ2n) is 7.27. The number of aliphatic hydroxyl groups excluding tert-OH is 1. The predicted molar refractivity (Wildman–Crippen MR) is 111 cm³/mol. The first-order valence-corrected chi connectivity index (χ1v) is 10.9. The Balaban J connectivity index is 1.61. The van der Waals surface area contributed by atoms with Crippen molar-refractivity contribution in [1.29, 1.82) is 0 Å². The number of nitrogens with two attached hydrogens (primary N) is 1. The van der Waals surface area contributed by atoms with Gasteiger partial charge in [-0.15, -0.1) is 11.3 Å². The maximum absolute atomic E-state index is 12.4. The molecule has 4 N–H and O–H groups in total. The summed E-state index contributed by atoms with van der Waals surface area (Å²) in [5.41, 5.74) is 8.46. The zero-order valence-electron chi connectivity index (χ0n) is 15.9. The molecular formula is C20H21N3O4S2. The van der Waals surface area contributed by atoms with Crippen molar-refractivity contribution in [3.8, 4) is 11.3 Å². The van der Waals surface area contributed by atoms with Crippen LogP contribution in [0.4, 0.5) is 0 Å². The number of thioether (sulfide) groups is 1. The highest BCUT2D eigenvalue weighted by Crippen LogP contribution is 2.52. The van der Waals surface area contributed by atoms with Crippen LogP contribution in [0.3, 0.4) is 0 Å². The normalized spacial score (nSPS) is 24.5. The number of amides is 1. The fourth-order valence-corrected chi connectivity index (χ4v) is 6.10. The molecule has 0 radical (unpaired) electrons. The van der Waals surface area contributed by atoms with Crippen molar-refractivity contribution in [1.82, 2.24) is 9.88 Å². The van der Waals surface area contributed by atoms with Gasteiger partial charge in [0.15, 0.2) is 4.34 Å². The predicted octanol–water partition coefficient (Wildman–Crippen LogP) is 2.51. The molecule has 0 unspecified atom stereocenters. The molecule has 1 amide bonds. The van der Waals surface area contributed by atoms with Crippen LogP contribution in [0.2, 0.25) is 0 Å². The number of rotatable bonds is 6. The van der Waals surface area contributed by atoms with Crippen LogP contribution in [-0.4, -0.2) is 44.1 Å². The minimum Gasteiger partial charge on any atom is -0.477 e. The van der Waals surface area contributed by atoms with Crippen molar-refractivity contribution < 1.29 is 19.8 Å². The van der Waals surface area contributed by atoms with E-state index < -0.39 is 18.0 Å². The molecule has 0 bridgehead atoms. The van der Waals surface area contributed by atoms with Crippen molar-refractivity contribution >= 4 is 35.0 Å². The topological polar surface area (TPSA) is 117 Å². The van der Waals surface area contributed by atoms with E-state index in [9.17, 15) is 19.8 Å². The van der Waals surface area contributed by atoms with Crippen LogP contribution in [0.5, 0.6) is 0 Å². The van der Waals surface area contributed by atoms with Gasteiger partial charge < -0.3 is 20.8 Å². The molecular weight excluding hydrogens is 410 g/mol. The maximum atomic E-state index is 12.4. The molecule has 2 aliphatic rings. The molecule has 9 heteroatoms. The van der Waals surface area contributed by atoms with Gasteiger partial charge in [-0.2, -0.15) is 0 Å². The highest BCUT2D eigenvalue weighted by Gasteiger charge is 2.60. The first kappa shape index (κ1) is 20.1. The van der Waals surface area contributed by atoms with Crippen LogP contribution in [0.1, 0.15) is 19.4 Å². The molecule has 0 spiro atoms. The lowest BCUT2D eigenvalue weighted by molar-refractivity contribution is -0.163. The van der Waals surface area contributed by atoms with Crippen molar-refractivity contribution in [2.24, 2.45) is 17.6 Å². The molecule has 1 aromatic heterocycles. The Morgan fingerprint density at radius 3 is 2.66 bits per heavy atom. The van der Waals surface area contributed by atoms with Crippen molar-refractivity contribution in [2.45, 2.75) is 36.9 Å². The van der Waals surface area contributed by atoms with Gasteiger partial charge in [-0.1, -0.05) is 43.0 Å². The van der Waals surface area contributed by atoms with E-state index in [2.05, 4.69) is 4.98 Å². The Hall–Kier alpha value is -2.20. The maximum Gasteiger partial charge on any atom is 0.353 e. The molecule has 1 fully saturated rings. The van der Waals surface area contributed by atoms with E-state index in [-0.39, 0.29) is 23.6 Å². The smallest absolute Gasteiger partial charge is 0.353 e. The molecule has 152 valence electrons. The van der Waals surface area contributed by atoms with Gasteiger partial charge in [-0.3, -0.25) is 4.79 Å². The highest BCUT2D eigenvalue weighted by atomic mass is 32.2. The summed E-state index contributed by atoms with van der Waals surface area (Å²) in [7, 11) is 0. The van der Waals surface area contributed by atoms with Crippen LogP contribution in [0, 0.1) is 11.8 Å². The van der Waals surface area contributed by atoms with E-state index in [1.807, 2.05) is 36.6 Å². The Morgan fingerprint density at radius 1 is 1.38 bits per heavy atom. The molecule has 4 rings (SSSR count). The third kappa shape index (κ3) is 3.28. The Bertz CT molecular complexity index is 999. The number of hydrogen-bond acceptors (Lipinski definition) is 7. The number of carbonyl (C=O) groups is 2. The number of hydrogen-bond donors (Lipinski definition) is 3. The molecule has 3 heterocycles. The van der Waals surface area contributed by atoms with Crippen molar-refractivity contribution in [2.75, 3.05) is 0 Å². The standard InChI is InChI=1S/C20H21N3O4S2/c1-9-15-14(10(2)24)18(25)23(15)16(19(26)27)17(9)29-20-22-13(8-28-20)12-5-3-11(7-21)4-6-12/h3-6,8-10,14-15,24H,7,21H2,1-2H3,(H,26,27)/t9-,10-,14-,15-/m1/s1. The minimum absolute atomic E-state index is 0.0125. The lowest BCUT2D eigenvalue weighted by Gasteiger charge is -2.46. The van der Waals surface area contributed by atoms with E-state index in [4.69, 9.17) is 5.73 Å². The monoisotopic (exact) mass is 431 g/mol. The van der Waals surface area contributed by atoms with Crippen molar-refractivity contribution in [3.05, 3.63) is 45.8 Å². The molecule has 7 nitrogen and oxygen atoms in total. The summed E-state index contributed by atoms with van der Waals surface area (Å²) in [4.78, 5) is 30.9. The Kier molecular flexibility index (Phi) is 5.24. The first-order chi connectivity index (χ1) is 13.8. The summed E-state index contributed by atoms with van der Waals surface area (Å²) >= 11 is 2.73. The number of nitrogens with zero attached hydrogens (tertiary/aromatic N) is 2. The van der Waals surface area contributed by atoms with Gasteiger partial charge in [-0.25, -0.2) is 9.78 Å². The van der Waals surface area contributed by atoms with Crippen LogP contribution in [0.15, 0.2) is 44.6 Å². The van der Waals surface area contributed by atoms with Crippen molar-refractivity contribution in [3.63, 3.8) is 0 Å². The molecule has 4 atom stereocenters. The van der Waals surface area contributed by atoms with Gasteiger partial charge in [0.1, 0.15) is 5.70 Å². The minimum atomic E-state index is -1.13. The zero-order valence-corrected chi connectivity index (χ0v) is 17.5. The summed E-state index contributed by atoms with van der Waals surface area (Å²) in [6.45, 7) is 3.95. The number of carbonyl (C=O) groups excluding carboxylic acids is 1. The molecule has 1 aromatic carbocycles. The highest BCUT2D eigenvalue weighted by molar-refractivity contribution is 8.04. The van der Waals surface area contributed by atoms with Gasteiger partial charge in [0.25, 0.3) is 0 Å². The van der Waals surface area contributed by atoms with Crippen LogP contribution < -0.4 is 5.73 Å². The van der Waals surface area contributed by atoms with Gasteiger partial charge in [0.05, 0.1) is 23.8 Å². The molecule has 29 heavy (non-hydrogen) atoms. The van der Waals surface area contributed by atoms with E-state index >= 15 is 0 Å². The number of thiazole rings is 1. The van der Waals surface area contributed by atoms with Crippen LogP contribution in [0.25, 0.3) is 11.3 Å². The number of carboxylic acid groups (broad SMARTS) is 1. The number of benzene rings is 1. The lowest BCUT2D eigenvalue weighted by Crippen LogP contribution is -2.63. The Morgan fingerprint density at radius 2 is 2.07 bits per heavy atom. The molecule has 0 aliphatic carbocycles. The molecule has 0 saturated carbocycles. The number of fused-ring (bicyclic) bond motifs is 1. The van der Waals surface area contributed by atoms with Crippen LogP contribution >= 0.6 is 23.1 Å². The molecule has 2 aliphatic heterocycles. The second kappa shape index (κ2) is 7.56. The molecule has 1 saturated heterocycles. The summed E-state index contributed by atoms with van der Waals surface area (Å²) in [6, 6.07) is 7.52. The summed E-state index contributed by atoms with van der Waals surface area (Å²) in [6.07, 6.45) is -0.812. The number of carboxylic acids is 1. The molecule has 2 aromatic rings. The van der Waals surface area contributed by atoms with E-state index in [0.29, 0.717) is 15.8 Å². The van der Waals surface area contributed by atoms with Gasteiger partial charge in [0, 0.05) is 28.3 Å². The average Bonchev–Trinajstić information content (AvgIpc) is 3.24. The third-order valence-corrected chi connectivity index (χ3v) is 7.70. The van der Waals surface area contributed by atoms with Gasteiger partial charge in [-0.05, 0) is 12.5 Å². The quantitative estimate of drug-likeness (QED) is 0.602. The van der Waals surface area contributed by atoms with E-state index in [1.54, 1.807) is 6.92 Å². The van der Waals surface area contributed by atoms with Gasteiger partial charge >= 0.3 is 5.97 Å². The van der Waals surface area contributed by atoms with Crippen LogP contribution in [-0.2, 0) is 16.1 Å². The van der Waals surface area contributed by atoms with Gasteiger partial charge in [0.2, 0.25) is 5.91 Å². The third-order valence-electron chi connectivity index (χ3n) is 5.48. The lowest BCUT2D eigenvalue weighted by atomic mass is 9.79. The number of aliphatic hydroxyl groups is 1. The summed E-state index contributed by atoms with van der Waals surface area (Å²) < 4.78 is 0.715. The average molecular weight is 432 g/mol. The SMILES string of the molecule is C[C@@H](O)[C@H]1C(=O)N2C(C(=O)O)=C(Sc3nc(-c4ccc(CN)cc4)cs3)[C@H](C)[C@H]12. The number of aromatic nitrogens is 1.